The van der Waals surface area contributed by atoms with Crippen molar-refractivity contribution in [3.63, 3.8) is 0 Å². The molecular weight excluding hydrogens is 254 g/mol. The first kappa shape index (κ1) is 16.2. The van der Waals surface area contributed by atoms with Crippen molar-refractivity contribution in [2.75, 3.05) is 19.8 Å². The minimum Gasteiger partial charge on any atom is -0.396 e. The largest absolute Gasteiger partial charge is 0.396 e. The highest BCUT2D eigenvalue weighted by atomic mass is 16.5. The third-order valence-corrected chi connectivity index (χ3v) is 5.00. The summed E-state index contributed by atoms with van der Waals surface area (Å²) < 4.78 is 5.82. The molecule has 118 valence electrons. The molecule has 3 atom stereocenters. The number of ether oxygens (including phenoxy) is 1. The normalized spacial score (nSPS) is 36.1. The Morgan fingerprint density at radius 2 is 1.90 bits per heavy atom. The number of rotatable bonds is 7. The van der Waals surface area contributed by atoms with Gasteiger partial charge in [0, 0.05) is 19.2 Å². The van der Waals surface area contributed by atoms with Crippen LogP contribution in [0.2, 0.25) is 0 Å². The Labute approximate surface area is 122 Å². The molecule has 0 saturated heterocycles. The first-order valence-corrected chi connectivity index (χ1v) is 8.33. The molecule has 3 N–H and O–H groups in total. The molecule has 2 aliphatic rings. The van der Waals surface area contributed by atoms with E-state index in [1.54, 1.807) is 0 Å². The Balaban J connectivity index is 1.57. The summed E-state index contributed by atoms with van der Waals surface area (Å²) in [6.07, 6.45) is 8.06. The fourth-order valence-corrected chi connectivity index (χ4v) is 3.51. The quantitative estimate of drug-likeness (QED) is 0.666. The fraction of sp³-hybridized carbons (Fsp3) is 1.00. The van der Waals surface area contributed by atoms with Gasteiger partial charge in [-0.2, -0.15) is 0 Å². The molecule has 0 amide bonds. The fourth-order valence-electron chi connectivity index (χ4n) is 3.51. The summed E-state index contributed by atoms with van der Waals surface area (Å²) in [5.41, 5.74) is 0. The maximum Gasteiger partial charge on any atom is 0.0897 e. The molecule has 2 aliphatic carbocycles. The second kappa shape index (κ2) is 8.32. The monoisotopic (exact) mass is 285 g/mol. The Kier molecular flexibility index (Phi) is 6.75. The van der Waals surface area contributed by atoms with Crippen LogP contribution in [0.3, 0.4) is 0 Å². The summed E-state index contributed by atoms with van der Waals surface area (Å²) >= 11 is 0. The van der Waals surface area contributed by atoms with Crippen molar-refractivity contribution in [3.8, 4) is 0 Å². The summed E-state index contributed by atoms with van der Waals surface area (Å²) in [6.45, 7) is 3.56. The van der Waals surface area contributed by atoms with E-state index in [4.69, 9.17) is 4.74 Å². The topological polar surface area (TPSA) is 61.7 Å². The molecule has 0 spiro atoms. The second-order valence-corrected chi connectivity index (χ2v) is 6.76. The van der Waals surface area contributed by atoms with E-state index in [-0.39, 0.29) is 6.61 Å². The highest BCUT2D eigenvalue weighted by Crippen LogP contribution is 2.26. The third-order valence-electron chi connectivity index (χ3n) is 5.00. The van der Waals surface area contributed by atoms with Crippen LogP contribution in [-0.4, -0.2) is 48.2 Å². The Hall–Kier alpha value is -0.160. The number of nitrogens with one attached hydrogen (secondary N) is 1. The van der Waals surface area contributed by atoms with Crippen LogP contribution >= 0.6 is 0 Å². The van der Waals surface area contributed by atoms with E-state index in [0.29, 0.717) is 31.2 Å². The number of aliphatic hydroxyl groups excluding tert-OH is 2. The Morgan fingerprint density at radius 3 is 2.60 bits per heavy atom. The summed E-state index contributed by atoms with van der Waals surface area (Å²) in [5, 5.41) is 22.7. The van der Waals surface area contributed by atoms with Crippen LogP contribution in [0.15, 0.2) is 0 Å². The smallest absolute Gasteiger partial charge is 0.0897 e. The van der Waals surface area contributed by atoms with E-state index in [2.05, 4.69) is 12.2 Å². The number of aliphatic hydroxyl groups is 2. The SMILES string of the molecule is CC1CCC(OCC(O)CNC2CCCC2CO)CC1. The molecule has 0 radical (unpaired) electrons. The number of hydrogen-bond acceptors (Lipinski definition) is 4. The van der Waals surface area contributed by atoms with Crippen molar-refractivity contribution in [3.05, 3.63) is 0 Å². The van der Waals surface area contributed by atoms with E-state index < -0.39 is 6.10 Å². The van der Waals surface area contributed by atoms with E-state index in [0.717, 1.165) is 31.6 Å². The van der Waals surface area contributed by atoms with Gasteiger partial charge >= 0.3 is 0 Å². The van der Waals surface area contributed by atoms with Crippen molar-refractivity contribution < 1.29 is 14.9 Å². The molecule has 0 bridgehead atoms. The van der Waals surface area contributed by atoms with Gasteiger partial charge in [-0.3, -0.25) is 0 Å². The van der Waals surface area contributed by atoms with Crippen LogP contribution in [0, 0.1) is 11.8 Å². The van der Waals surface area contributed by atoms with E-state index >= 15 is 0 Å². The molecule has 2 rings (SSSR count). The zero-order valence-electron chi connectivity index (χ0n) is 12.8. The molecule has 3 unspecified atom stereocenters. The second-order valence-electron chi connectivity index (χ2n) is 6.76. The predicted molar refractivity (Wildman–Crippen MR) is 79.6 cm³/mol. The first-order valence-electron chi connectivity index (χ1n) is 8.33. The molecule has 4 nitrogen and oxygen atoms in total. The van der Waals surface area contributed by atoms with Crippen LogP contribution in [0.1, 0.15) is 51.9 Å². The van der Waals surface area contributed by atoms with Crippen LogP contribution in [-0.2, 0) is 4.74 Å². The Bertz CT molecular complexity index is 266. The van der Waals surface area contributed by atoms with Gasteiger partial charge in [0.05, 0.1) is 18.8 Å². The van der Waals surface area contributed by atoms with Gasteiger partial charge < -0.3 is 20.3 Å². The van der Waals surface area contributed by atoms with Crippen molar-refractivity contribution in [1.82, 2.24) is 5.32 Å². The van der Waals surface area contributed by atoms with Crippen molar-refractivity contribution in [2.45, 2.75) is 70.1 Å². The first-order chi connectivity index (χ1) is 9.69. The lowest BCUT2D eigenvalue weighted by molar-refractivity contribution is -0.0288. The maximum absolute atomic E-state index is 10.0. The van der Waals surface area contributed by atoms with Gasteiger partial charge in [0.2, 0.25) is 0 Å². The van der Waals surface area contributed by atoms with Gasteiger partial charge in [0.25, 0.3) is 0 Å². The lowest BCUT2D eigenvalue weighted by Crippen LogP contribution is -2.40. The summed E-state index contributed by atoms with van der Waals surface area (Å²) in [7, 11) is 0. The summed E-state index contributed by atoms with van der Waals surface area (Å²) in [6, 6.07) is 0.366. The van der Waals surface area contributed by atoms with Crippen LogP contribution in [0.25, 0.3) is 0 Å². The molecule has 0 aromatic rings. The van der Waals surface area contributed by atoms with Gasteiger partial charge in [-0.05, 0) is 50.4 Å². The van der Waals surface area contributed by atoms with Crippen molar-refractivity contribution >= 4 is 0 Å². The van der Waals surface area contributed by atoms with E-state index in [9.17, 15) is 10.2 Å². The van der Waals surface area contributed by atoms with Gasteiger partial charge in [-0.1, -0.05) is 13.3 Å². The van der Waals surface area contributed by atoms with Gasteiger partial charge in [-0.15, -0.1) is 0 Å². The van der Waals surface area contributed by atoms with Gasteiger partial charge in [-0.25, -0.2) is 0 Å². The average Bonchev–Trinajstić information content (AvgIpc) is 2.92. The maximum atomic E-state index is 10.0. The molecule has 0 aromatic heterocycles. The van der Waals surface area contributed by atoms with E-state index in [1.165, 1.54) is 19.3 Å². The van der Waals surface area contributed by atoms with Gasteiger partial charge in [0.1, 0.15) is 0 Å². The molecule has 4 heteroatoms. The average molecular weight is 285 g/mol. The lowest BCUT2D eigenvalue weighted by Gasteiger charge is -2.27. The molecule has 0 aliphatic heterocycles. The van der Waals surface area contributed by atoms with E-state index in [1.807, 2.05) is 0 Å². The third kappa shape index (κ3) is 4.99. The zero-order valence-corrected chi connectivity index (χ0v) is 12.8. The molecular formula is C16H31NO3. The molecule has 2 saturated carbocycles. The minimum atomic E-state index is -0.436. The highest BCUT2D eigenvalue weighted by Gasteiger charge is 2.26. The standard InChI is InChI=1S/C16H31NO3/c1-12-5-7-15(8-6-12)20-11-14(19)9-17-16-4-2-3-13(16)10-18/h12-19H,2-11H2,1H3. The summed E-state index contributed by atoms with van der Waals surface area (Å²) in [4.78, 5) is 0. The number of hydrogen-bond donors (Lipinski definition) is 3. The van der Waals surface area contributed by atoms with Gasteiger partial charge in [0.15, 0.2) is 0 Å². The minimum absolute atomic E-state index is 0.254. The zero-order chi connectivity index (χ0) is 14.4. The molecule has 0 heterocycles. The Morgan fingerprint density at radius 1 is 1.15 bits per heavy atom. The predicted octanol–water partition coefficient (Wildman–Crippen LogP) is 1.69. The molecule has 20 heavy (non-hydrogen) atoms. The molecule has 0 aromatic carbocycles. The lowest BCUT2D eigenvalue weighted by atomic mass is 9.89. The summed E-state index contributed by atoms with van der Waals surface area (Å²) in [5.74, 6) is 1.20. The van der Waals surface area contributed by atoms with Crippen molar-refractivity contribution in [1.29, 1.82) is 0 Å². The van der Waals surface area contributed by atoms with Crippen LogP contribution in [0.4, 0.5) is 0 Å². The van der Waals surface area contributed by atoms with Crippen molar-refractivity contribution in [2.24, 2.45) is 11.8 Å². The highest BCUT2D eigenvalue weighted by molar-refractivity contribution is 4.83. The van der Waals surface area contributed by atoms with Crippen LogP contribution in [0.5, 0.6) is 0 Å². The molecule has 2 fully saturated rings. The van der Waals surface area contributed by atoms with Crippen LogP contribution < -0.4 is 5.32 Å².